The lowest BCUT2D eigenvalue weighted by atomic mass is 10.0. The molecule has 1 unspecified atom stereocenters. The van der Waals surface area contributed by atoms with Crippen LogP contribution in [0.1, 0.15) is 24.2 Å². The van der Waals surface area contributed by atoms with Crippen molar-refractivity contribution in [1.29, 1.82) is 0 Å². The maximum Gasteiger partial charge on any atom is 0.423 e. The Bertz CT molecular complexity index is 703. The summed E-state index contributed by atoms with van der Waals surface area (Å²) in [4.78, 5) is 9.72. The third-order valence-electron chi connectivity index (χ3n) is 3.85. The van der Waals surface area contributed by atoms with Gasteiger partial charge in [-0.15, -0.1) is 0 Å². The van der Waals surface area contributed by atoms with Crippen molar-refractivity contribution in [1.82, 2.24) is 9.34 Å². The number of benzene rings is 1. The number of nitro benzene ring substituents is 1. The van der Waals surface area contributed by atoms with E-state index in [1.807, 2.05) is 0 Å². The van der Waals surface area contributed by atoms with Crippen LogP contribution in [-0.2, 0) is 15.3 Å². The molecule has 7 nitrogen and oxygen atoms in total. The molecule has 0 saturated carbocycles. The van der Waals surface area contributed by atoms with Crippen LogP contribution in [0.15, 0.2) is 18.2 Å². The number of alkyl halides is 3. The molecular weight excluding hydrogens is 350 g/mol. The van der Waals surface area contributed by atoms with Crippen molar-refractivity contribution in [2.45, 2.75) is 19.2 Å². The second-order valence-electron chi connectivity index (χ2n) is 5.68. The summed E-state index contributed by atoms with van der Waals surface area (Å²) in [5, 5.41) is 10.8. The van der Waals surface area contributed by atoms with Gasteiger partial charge in [0.2, 0.25) is 0 Å². The first-order valence-electron chi connectivity index (χ1n) is 7.28. The molecule has 0 bridgehead atoms. The van der Waals surface area contributed by atoms with Gasteiger partial charge in [0.1, 0.15) is 5.56 Å². The Morgan fingerprint density at radius 1 is 1.25 bits per heavy atom. The standard InChI is InChI=1S/C13H15F3N3O4P/c1-9(23-24(22,17-4-5-17)18-6-7-18)10-2-3-12(19(20)21)11(8-10)13(14,15)16/h2-3,8-9H,4-7H2,1H3. The lowest BCUT2D eigenvalue weighted by Crippen LogP contribution is -2.13. The van der Waals surface area contributed by atoms with Gasteiger partial charge in [-0.2, -0.15) is 13.2 Å². The first-order chi connectivity index (χ1) is 11.1. The van der Waals surface area contributed by atoms with Crippen LogP contribution in [0.4, 0.5) is 18.9 Å². The zero-order chi connectivity index (χ0) is 17.7. The maximum absolute atomic E-state index is 13.0. The first kappa shape index (κ1) is 17.3. The highest BCUT2D eigenvalue weighted by molar-refractivity contribution is 7.54. The zero-order valence-corrected chi connectivity index (χ0v) is 13.6. The second kappa shape index (κ2) is 5.80. The molecule has 11 heteroatoms. The van der Waals surface area contributed by atoms with Crippen molar-refractivity contribution in [3.05, 3.63) is 39.4 Å². The third kappa shape index (κ3) is 3.32. The summed E-state index contributed by atoms with van der Waals surface area (Å²) in [6.45, 7) is 3.97. The van der Waals surface area contributed by atoms with Gasteiger partial charge in [0.05, 0.1) is 11.0 Å². The maximum atomic E-state index is 13.0. The number of rotatable bonds is 6. The van der Waals surface area contributed by atoms with Gasteiger partial charge in [-0.05, 0) is 24.6 Å². The van der Waals surface area contributed by atoms with Gasteiger partial charge in [-0.3, -0.25) is 19.2 Å². The Labute approximate surface area is 135 Å². The van der Waals surface area contributed by atoms with Crippen LogP contribution >= 0.6 is 7.67 Å². The summed E-state index contributed by atoms with van der Waals surface area (Å²) >= 11 is 0. The molecule has 2 saturated heterocycles. The number of halogens is 3. The fourth-order valence-corrected chi connectivity index (χ4v) is 4.71. The fourth-order valence-electron chi connectivity index (χ4n) is 2.37. The topological polar surface area (TPSA) is 75.5 Å². The summed E-state index contributed by atoms with van der Waals surface area (Å²) in [5.74, 6) is 0. The van der Waals surface area contributed by atoms with Crippen molar-refractivity contribution >= 4 is 13.4 Å². The van der Waals surface area contributed by atoms with E-state index in [0.29, 0.717) is 32.2 Å². The van der Waals surface area contributed by atoms with Crippen molar-refractivity contribution in [2.24, 2.45) is 0 Å². The third-order valence-corrected chi connectivity index (χ3v) is 6.67. The average Bonchev–Trinajstić information content (AvgIpc) is 3.38. The summed E-state index contributed by atoms with van der Waals surface area (Å²) < 4.78 is 60.9. The van der Waals surface area contributed by atoms with E-state index in [9.17, 15) is 27.9 Å². The molecule has 0 radical (unpaired) electrons. The Kier molecular flexibility index (Phi) is 4.19. The summed E-state index contributed by atoms with van der Waals surface area (Å²) in [5.41, 5.74) is -2.26. The summed E-state index contributed by atoms with van der Waals surface area (Å²) in [7, 11) is -3.20. The summed E-state index contributed by atoms with van der Waals surface area (Å²) in [6, 6.07) is 2.70. The van der Waals surface area contributed by atoms with Crippen LogP contribution < -0.4 is 0 Å². The van der Waals surface area contributed by atoms with Crippen molar-refractivity contribution in [3.8, 4) is 0 Å². The van der Waals surface area contributed by atoms with E-state index < -0.39 is 36.1 Å². The summed E-state index contributed by atoms with van der Waals surface area (Å²) in [6.07, 6.45) is -5.75. The highest BCUT2D eigenvalue weighted by Gasteiger charge is 2.50. The van der Waals surface area contributed by atoms with E-state index in [0.717, 1.165) is 6.07 Å². The average molecular weight is 365 g/mol. The highest BCUT2D eigenvalue weighted by Crippen LogP contribution is 2.63. The lowest BCUT2D eigenvalue weighted by molar-refractivity contribution is -0.388. The number of hydrogen-bond acceptors (Lipinski definition) is 4. The quantitative estimate of drug-likeness (QED) is 0.333. The van der Waals surface area contributed by atoms with Gasteiger partial charge in [0.15, 0.2) is 0 Å². The molecule has 0 aromatic heterocycles. The Morgan fingerprint density at radius 2 is 1.79 bits per heavy atom. The molecule has 24 heavy (non-hydrogen) atoms. The first-order valence-corrected chi connectivity index (χ1v) is 8.81. The largest absolute Gasteiger partial charge is 0.423 e. The molecule has 2 aliphatic rings. The van der Waals surface area contributed by atoms with Gasteiger partial charge in [-0.25, -0.2) is 9.34 Å². The Balaban J connectivity index is 1.88. The highest BCUT2D eigenvalue weighted by atomic mass is 31.2. The molecule has 2 fully saturated rings. The fraction of sp³-hybridized carbons (Fsp3) is 0.538. The molecule has 1 atom stereocenters. The van der Waals surface area contributed by atoms with Crippen molar-refractivity contribution in [2.75, 3.05) is 26.2 Å². The van der Waals surface area contributed by atoms with Gasteiger partial charge >= 0.3 is 13.8 Å². The van der Waals surface area contributed by atoms with Crippen LogP contribution in [0, 0.1) is 10.1 Å². The Morgan fingerprint density at radius 3 is 2.21 bits per heavy atom. The molecule has 0 N–H and O–H groups in total. The van der Waals surface area contributed by atoms with Gasteiger partial charge in [-0.1, -0.05) is 0 Å². The molecule has 1 aromatic rings. The van der Waals surface area contributed by atoms with Crippen LogP contribution in [0.3, 0.4) is 0 Å². The molecule has 1 aromatic carbocycles. The minimum Gasteiger partial charge on any atom is -0.298 e. The molecule has 0 amide bonds. The van der Waals surface area contributed by atoms with Crippen molar-refractivity contribution in [3.63, 3.8) is 0 Å². The van der Waals surface area contributed by atoms with E-state index in [1.54, 1.807) is 9.34 Å². The Hall–Kier alpha value is -1.48. The van der Waals surface area contributed by atoms with Crippen molar-refractivity contribution < 1.29 is 27.2 Å². The van der Waals surface area contributed by atoms with Gasteiger partial charge < -0.3 is 0 Å². The van der Waals surface area contributed by atoms with Gasteiger partial charge in [0, 0.05) is 32.2 Å². The molecule has 132 valence electrons. The molecular formula is C13H15F3N3O4P. The predicted molar refractivity (Wildman–Crippen MR) is 78.4 cm³/mol. The van der Waals surface area contributed by atoms with E-state index in [1.165, 1.54) is 13.0 Å². The number of nitro groups is 1. The smallest absolute Gasteiger partial charge is 0.298 e. The zero-order valence-electron chi connectivity index (χ0n) is 12.7. The number of nitrogens with zero attached hydrogens (tertiary/aromatic N) is 3. The molecule has 3 rings (SSSR count). The predicted octanol–water partition coefficient (Wildman–Crippen LogP) is 3.43. The minimum absolute atomic E-state index is 0.0943. The molecule has 0 aliphatic carbocycles. The van der Waals surface area contributed by atoms with E-state index in [4.69, 9.17) is 4.52 Å². The van der Waals surface area contributed by atoms with Crippen LogP contribution in [-0.4, -0.2) is 40.4 Å². The van der Waals surface area contributed by atoms with Crippen LogP contribution in [0.2, 0.25) is 0 Å². The SMILES string of the molecule is CC(OP(=O)(N1CC1)N1CC1)c1ccc([N+](=O)[O-])c(C(F)(F)F)c1. The minimum atomic E-state index is -4.86. The van der Waals surface area contributed by atoms with Gasteiger partial charge in [0.25, 0.3) is 5.69 Å². The molecule has 0 spiro atoms. The van der Waals surface area contributed by atoms with Crippen LogP contribution in [0.5, 0.6) is 0 Å². The van der Waals surface area contributed by atoms with E-state index in [-0.39, 0.29) is 5.56 Å². The molecule has 2 aliphatic heterocycles. The molecule has 2 heterocycles. The lowest BCUT2D eigenvalue weighted by Gasteiger charge is -2.24. The second-order valence-corrected chi connectivity index (χ2v) is 8.00. The van der Waals surface area contributed by atoms with E-state index >= 15 is 0 Å². The normalized spacial score (nSPS) is 20.0. The number of hydrogen-bond donors (Lipinski definition) is 0. The van der Waals surface area contributed by atoms with E-state index in [2.05, 4.69) is 0 Å². The van der Waals surface area contributed by atoms with Crippen LogP contribution in [0.25, 0.3) is 0 Å². The monoisotopic (exact) mass is 365 g/mol.